The van der Waals surface area contributed by atoms with Crippen LogP contribution in [0.5, 0.6) is 5.75 Å². The van der Waals surface area contributed by atoms with E-state index in [-0.39, 0.29) is 50.5 Å². The van der Waals surface area contributed by atoms with Crippen LogP contribution in [0.15, 0.2) is 93.2 Å². The molecule has 210 valence electrons. The number of rotatable bonds is 8. The summed E-state index contributed by atoms with van der Waals surface area (Å²) in [6.07, 6.45) is 1.25. The topological polar surface area (TPSA) is 104 Å². The van der Waals surface area contributed by atoms with Gasteiger partial charge in [-0.05, 0) is 34.9 Å². The molecule has 0 aliphatic carbocycles. The molecule has 2 heterocycles. The van der Waals surface area contributed by atoms with Gasteiger partial charge < -0.3 is 9.15 Å². The van der Waals surface area contributed by atoms with Gasteiger partial charge in [0.1, 0.15) is 30.3 Å². The van der Waals surface area contributed by atoms with Crippen LogP contribution in [0.4, 0.5) is 8.78 Å². The Kier molecular flexibility index (Phi) is 8.26. The number of halogens is 2. The molecule has 0 unspecified atom stereocenters. The first kappa shape index (κ1) is 28.2. The molecule has 0 amide bonds. The van der Waals surface area contributed by atoms with Crippen molar-refractivity contribution < 1.29 is 26.4 Å². The van der Waals surface area contributed by atoms with Gasteiger partial charge in [-0.15, -0.1) is 0 Å². The van der Waals surface area contributed by atoms with E-state index in [0.717, 1.165) is 39.2 Å². The van der Waals surface area contributed by atoms with E-state index in [2.05, 4.69) is 6.07 Å². The number of hydrogen-bond acceptors (Lipinski definition) is 7. The second-order valence-electron chi connectivity index (χ2n) is 9.45. The molecule has 3 aromatic carbocycles. The molecular weight excluding hydrogens is 552 g/mol. The molecule has 0 spiro atoms. The summed E-state index contributed by atoms with van der Waals surface area (Å²) >= 11 is 0. The summed E-state index contributed by atoms with van der Waals surface area (Å²) < 4.78 is 66.0. The second-order valence-corrected chi connectivity index (χ2v) is 11.3. The maximum Gasteiger partial charge on any atom is 0.249 e. The van der Waals surface area contributed by atoms with E-state index in [1.165, 1.54) is 12.3 Å². The van der Waals surface area contributed by atoms with E-state index >= 15 is 0 Å². The molecule has 4 aromatic rings. The molecule has 11 heteroatoms. The van der Waals surface area contributed by atoms with Gasteiger partial charge in [0.2, 0.25) is 21.2 Å². The van der Waals surface area contributed by atoms with E-state index in [1.54, 1.807) is 6.07 Å². The average molecular weight is 578 g/mol. The maximum atomic E-state index is 14.1. The van der Waals surface area contributed by atoms with Gasteiger partial charge in [0.15, 0.2) is 4.90 Å². The lowest BCUT2D eigenvalue weighted by molar-refractivity contribution is 0.168. The SMILES string of the molecule is N#Cc1ccccc1-c1ccc(COc2coc(CN3CCN(S(=O)(=O)c4c(F)cccc4F)CC3)cc2=O)cc1. The van der Waals surface area contributed by atoms with Gasteiger partial charge in [0, 0.05) is 32.2 Å². The summed E-state index contributed by atoms with van der Waals surface area (Å²) in [5, 5.41) is 9.32. The summed E-state index contributed by atoms with van der Waals surface area (Å²) in [5.74, 6) is -1.83. The molecule has 8 nitrogen and oxygen atoms in total. The van der Waals surface area contributed by atoms with Crippen LogP contribution in [0.25, 0.3) is 11.1 Å². The fourth-order valence-electron chi connectivity index (χ4n) is 4.61. The first-order valence-corrected chi connectivity index (χ1v) is 14.2. The molecule has 5 rings (SSSR count). The van der Waals surface area contributed by atoms with Crippen molar-refractivity contribution in [2.75, 3.05) is 26.2 Å². The normalized spacial score (nSPS) is 14.5. The van der Waals surface area contributed by atoms with Gasteiger partial charge in [-0.3, -0.25) is 9.69 Å². The Morgan fingerprint density at radius 3 is 2.27 bits per heavy atom. The minimum Gasteiger partial charge on any atom is -0.482 e. The highest BCUT2D eigenvalue weighted by Crippen LogP contribution is 2.25. The Morgan fingerprint density at radius 1 is 0.927 bits per heavy atom. The largest absolute Gasteiger partial charge is 0.482 e. The molecule has 1 saturated heterocycles. The number of ether oxygens (including phenoxy) is 1. The van der Waals surface area contributed by atoms with E-state index in [0.29, 0.717) is 11.3 Å². The number of hydrogen-bond donors (Lipinski definition) is 0. The van der Waals surface area contributed by atoms with Crippen LogP contribution in [-0.4, -0.2) is 43.8 Å². The number of nitrogens with zero attached hydrogens (tertiary/aromatic N) is 3. The molecule has 1 aromatic heterocycles. The number of piperazine rings is 1. The highest BCUT2D eigenvalue weighted by atomic mass is 32.2. The third-order valence-corrected chi connectivity index (χ3v) is 8.74. The standard InChI is InChI=1S/C30H25F2N3O5S/c31-26-6-3-7-27(32)30(26)41(37,38)35-14-12-34(13-15-35)18-24-16-28(36)29(20-39-24)40-19-21-8-10-22(11-9-21)25-5-2-1-4-23(25)17-33/h1-11,16,20H,12-15,18-19H2. The van der Waals surface area contributed by atoms with Crippen LogP contribution in [-0.2, 0) is 23.2 Å². The Hall–Kier alpha value is -4.37. The van der Waals surface area contributed by atoms with Gasteiger partial charge >= 0.3 is 0 Å². The molecule has 1 aliphatic heterocycles. The summed E-state index contributed by atoms with van der Waals surface area (Å²) in [6, 6.07) is 21.3. The highest BCUT2D eigenvalue weighted by Gasteiger charge is 2.33. The van der Waals surface area contributed by atoms with Gasteiger partial charge in [0.25, 0.3) is 0 Å². The summed E-state index contributed by atoms with van der Waals surface area (Å²) in [7, 11) is -4.33. The first-order valence-electron chi connectivity index (χ1n) is 12.8. The number of nitriles is 1. The number of sulfonamides is 1. The fourth-order valence-corrected chi connectivity index (χ4v) is 6.14. The van der Waals surface area contributed by atoms with E-state index in [9.17, 15) is 27.3 Å². The molecule has 0 atom stereocenters. The lowest BCUT2D eigenvalue weighted by atomic mass is 9.99. The van der Waals surface area contributed by atoms with Crippen LogP contribution < -0.4 is 10.2 Å². The zero-order chi connectivity index (χ0) is 29.0. The Bertz CT molecular complexity index is 1740. The summed E-state index contributed by atoms with van der Waals surface area (Å²) in [5.41, 5.74) is 2.78. The predicted molar refractivity (Wildman–Crippen MR) is 146 cm³/mol. The maximum absolute atomic E-state index is 14.1. The van der Waals surface area contributed by atoms with Crippen LogP contribution in [0.3, 0.4) is 0 Å². The monoisotopic (exact) mass is 577 g/mol. The minimum atomic E-state index is -4.33. The molecule has 0 N–H and O–H groups in total. The Balaban J connectivity index is 1.16. The van der Waals surface area contributed by atoms with E-state index in [1.807, 2.05) is 47.4 Å². The van der Waals surface area contributed by atoms with Crippen molar-refractivity contribution in [3.8, 4) is 22.9 Å². The van der Waals surface area contributed by atoms with Crippen molar-refractivity contribution in [2.24, 2.45) is 0 Å². The third kappa shape index (κ3) is 6.20. The van der Waals surface area contributed by atoms with Crippen molar-refractivity contribution in [3.63, 3.8) is 0 Å². The quantitative estimate of drug-likeness (QED) is 0.303. The van der Waals surface area contributed by atoms with Crippen molar-refractivity contribution in [1.82, 2.24) is 9.21 Å². The molecular formula is C30H25F2N3O5S. The first-order chi connectivity index (χ1) is 19.8. The molecule has 0 radical (unpaired) electrons. The zero-order valence-electron chi connectivity index (χ0n) is 21.8. The van der Waals surface area contributed by atoms with Gasteiger partial charge in [-0.2, -0.15) is 9.57 Å². The minimum absolute atomic E-state index is 0.0302. The van der Waals surface area contributed by atoms with E-state index in [4.69, 9.17) is 9.15 Å². The molecule has 0 saturated carbocycles. The van der Waals surface area contributed by atoms with Gasteiger partial charge in [-0.1, -0.05) is 48.5 Å². The van der Waals surface area contributed by atoms with Gasteiger partial charge in [-0.25, -0.2) is 17.2 Å². The second kappa shape index (κ2) is 12.0. The smallest absolute Gasteiger partial charge is 0.249 e. The fraction of sp³-hybridized carbons (Fsp3) is 0.200. The summed E-state index contributed by atoms with van der Waals surface area (Å²) in [6.45, 7) is 1.02. The Labute approximate surface area is 235 Å². The Morgan fingerprint density at radius 2 is 1.61 bits per heavy atom. The average Bonchev–Trinajstić information content (AvgIpc) is 2.97. The van der Waals surface area contributed by atoms with Crippen LogP contribution in [0, 0.1) is 23.0 Å². The van der Waals surface area contributed by atoms with Crippen molar-refractivity contribution >= 4 is 10.0 Å². The lowest BCUT2D eigenvalue weighted by Crippen LogP contribution is -2.48. The van der Waals surface area contributed by atoms with Crippen molar-refractivity contribution in [1.29, 1.82) is 5.26 Å². The highest BCUT2D eigenvalue weighted by molar-refractivity contribution is 7.89. The zero-order valence-corrected chi connectivity index (χ0v) is 22.6. The van der Waals surface area contributed by atoms with Crippen LogP contribution in [0.2, 0.25) is 0 Å². The summed E-state index contributed by atoms with van der Waals surface area (Å²) in [4.78, 5) is 13.6. The third-order valence-electron chi connectivity index (χ3n) is 6.79. The van der Waals surface area contributed by atoms with Crippen molar-refractivity contribution in [2.45, 2.75) is 18.0 Å². The predicted octanol–water partition coefficient (Wildman–Crippen LogP) is 4.54. The molecule has 41 heavy (non-hydrogen) atoms. The van der Waals surface area contributed by atoms with Crippen molar-refractivity contribution in [3.05, 3.63) is 118 Å². The van der Waals surface area contributed by atoms with Crippen LogP contribution in [0.1, 0.15) is 16.9 Å². The van der Waals surface area contributed by atoms with Crippen LogP contribution >= 0.6 is 0 Å². The lowest BCUT2D eigenvalue weighted by Gasteiger charge is -2.33. The number of benzene rings is 3. The van der Waals surface area contributed by atoms with E-state index < -0.39 is 26.6 Å². The molecule has 1 fully saturated rings. The van der Waals surface area contributed by atoms with Gasteiger partial charge in [0.05, 0.1) is 18.2 Å². The molecule has 0 bridgehead atoms. The molecule has 1 aliphatic rings.